The molecule has 2 aromatic rings. The van der Waals surface area contributed by atoms with Gasteiger partial charge in [0.05, 0.1) is 27.0 Å². The molecule has 1 aromatic carbocycles. The quantitative estimate of drug-likeness (QED) is 0.730. The highest BCUT2D eigenvalue weighted by atomic mass is 16.5. The van der Waals surface area contributed by atoms with Crippen LogP contribution in [0.1, 0.15) is 24.2 Å². The molecule has 0 aliphatic heterocycles. The molecule has 5 heteroatoms. The number of hydrogen-bond donors (Lipinski definition) is 0. The maximum atomic E-state index is 12.6. The Balaban J connectivity index is 1.73. The second-order valence-electron chi connectivity index (χ2n) is 5.76. The molecule has 1 amide bonds. The fourth-order valence-corrected chi connectivity index (χ4v) is 2.53. The van der Waals surface area contributed by atoms with Crippen molar-refractivity contribution in [1.29, 1.82) is 0 Å². The van der Waals surface area contributed by atoms with Gasteiger partial charge in [-0.3, -0.25) is 4.79 Å². The van der Waals surface area contributed by atoms with Gasteiger partial charge >= 0.3 is 0 Å². The van der Waals surface area contributed by atoms with Gasteiger partial charge in [0.1, 0.15) is 17.3 Å². The first-order valence-electron chi connectivity index (χ1n) is 7.93. The second kappa shape index (κ2) is 7.25. The summed E-state index contributed by atoms with van der Waals surface area (Å²) in [5.74, 6) is 2.16. The summed E-state index contributed by atoms with van der Waals surface area (Å²) in [6, 6.07) is 9.56. The summed E-state index contributed by atoms with van der Waals surface area (Å²) in [6.07, 6.45) is 7.10. The van der Waals surface area contributed by atoms with E-state index in [-0.39, 0.29) is 5.91 Å². The standard InChI is InChI=1S/C19H21NO4/c1-22-17-10-14(11-18(12-17)23-2)5-8-19(21)20(15-6-7-15)13-16-4-3-9-24-16/h3-5,8-12,15H,6-7,13H2,1-2H3/b8-5+. The molecule has 1 aliphatic carbocycles. The van der Waals surface area contributed by atoms with E-state index in [4.69, 9.17) is 13.9 Å². The topological polar surface area (TPSA) is 51.9 Å². The van der Waals surface area contributed by atoms with Gasteiger partial charge < -0.3 is 18.8 Å². The molecule has 1 aromatic heterocycles. The van der Waals surface area contributed by atoms with Crippen LogP contribution in [-0.2, 0) is 11.3 Å². The monoisotopic (exact) mass is 327 g/mol. The molecule has 126 valence electrons. The minimum absolute atomic E-state index is 0.0179. The Labute approximate surface area is 141 Å². The Hall–Kier alpha value is -2.69. The number of carbonyl (C=O) groups is 1. The Morgan fingerprint density at radius 3 is 2.50 bits per heavy atom. The lowest BCUT2D eigenvalue weighted by Crippen LogP contribution is -2.30. The van der Waals surface area contributed by atoms with Crippen molar-refractivity contribution in [2.75, 3.05) is 14.2 Å². The molecule has 1 heterocycles. The summed E-state index contributed by atoms with van der Waals surface area (Å²) >= 11 is 0. The molecule has 5 nitrogen and oxygen atoms in total. The number of nitrogens with zero attached hydrogens (tertiary/aromatic N) is 1. The Morgan fingerprint density at radius 2 is 1.96 bits per heavy atom. The third-order valence-corrected chi connectivity index (χ3v) is 3.97. The van der Waals surface area contributed by atoms with E-state index >= 15 is 0 Å². The average Bonchev–Trinajstić information content (AvgIpc) is 3.32. The van der Waals surface area contributed by atoms with Crippen LogP contribution >= 0.6 is 0 Å². The van der Waals surface area contributed by atoms with Gasteiger partial charge in [0.15, 0.2) is 0 Å². The van der Waals surface area contributed by atoms with Gasteiger partial charge in [-0.25, -0.2) is 0 Å². The Kier molecular flexibility index (Phi) is 4.89. The van der Waals surface area contributed by atoms with E-state index in [1.807, 2.05) is 29.2 Å². The number of methoxy groups -OCH3 is 2. The zero-order valence-corrected chi connectivity index (χ0v) is 13.9. The number of ether oxygens (including phenoxy) is 2. The summed E-state index contributed by atoms with van der Waals surface area (Å²) in [4.78, 5) is 14.4. The normalized spacial score (nSPS) is 13.9. The van der Waals surface area contributed by atoms with Crippen LogP contribution in [-0.4, -0.2) is 31.1 Å². The molecule has 0 N–H and O–H groups in total. The van der Waals surface area contributed by atoms with Crippen LogP contribution < -0.4 is 9.47 Å². The number of benzene rings is 1. The van der Waals surface area contributed by atoms with Crippen LogP contribution in [0.15, 0.2) is 47.1 Å². The first kappa shape index (κ1) is 16.2. The third-order valence-electron chi connectivity index (χ3n) is 3.97. The van der Waals surface area contributed by atoms with E-state index < -0.39 is 0 Å². The van der Waals surface area contributed by atoms with Gasteiger partial charge in [-0.15, -0.1) is 0 Å². The zero-order valence-electron chi connectivity index (χ0n) is 13.9. The van der Waals surface area contributed by atoms with E-state index in [1.165, 1.54) is 0 Å². The summed E-state index contributed by atoms with van der Waals surface area (Å²) in [5, 5.41) is 0. The van der Waals surface area contributed by atoms with Crippen molar-refractivity contribution >= 4 is 12.0 Å². The van der Waals surface area contributed by atoms with Gasteiger partial charge in [0.25, 0.3) is 0 Å². The SMILES string of the molecule is COc1cc(/C=C/C(=O)N(Cc2ccco2)C2CC2)cc(OC)c1. The molecule has 0 unspecified atom stereocenters. The number of furan rings is 1. The largest absolute Gasteiger partial charge is 0.497 e. The summed E-state index contributed by atoms with van der Waals surface area (Å²) in [6.45, 7) is 0.502. The van der Waals surface area contributed by atoms with Crippen molar-refractivity contribution < 1.29 is 18.7 Å². The van der Waals surface area contributed by atoms with Crippen LogP contribution in [0.2, 0.25) is 0 Å². The summed E-state index contributed by atoms with van der Waals surface area (Å²) < 4.78 is 15.9. The Bertz CT molecular complexity index is 695. The minimum atomic E-state index is -0.0179. The van der Waals surface area contributed by atoms with Crippen LogP contribution in [0, 0.1) is 0 Å². The van der Waals surface area contributed by atoms with Crippen LogP contribution in [0.4, 0.5) is 0 Å². The van der Waals surface area contributed by atoms with E-state index in [1.54, 1.807) is 38.7 Å². The van der Waals surface area contributed by atoms with Crippen LogP contribution in [0.25, 0.3) is 6.08 Å². The molecule has 0 atom stereocenters. The number of rotatable bonds is 7. The number of amides is 1. The van der Waals surface area contributed by atoms with E-state index in [0.717, 1.165) is 24.2 Å². The molecule has 0 saturated heterocycles. The lowest BCUT2D eigenvalue weighted by molar-refractivity contribution is -0.127. The van der Waals surface area contributed by atoms with Gasteiger partial charge in [0, 0.05) is 18.2 Å². The molecule has 0 radical (unpaired) electrons. The first-order chi connectivity index (χ1) is 11.7. The highest BCUT2D eigenvalue weighted by Gasteiger charge is 2.32. The van der Waals surface area contributed by atoms with Gasteiger partial charge in [0.2, 0.25) is 5.91 Å². The lowest BCUT2D eigenvalue weighted by Gasteiger charge is -2.19. The predicted octanol–water partition coefficient (Wildman–Crippen LogP) is 3.50. The van der Waals surface area contributed by atoms with Crippen molar-refractivity contribution in [3.05, 3.63) is 54.0 Å². The maximum Gasteiger partial charge on any atom is 0.247 e. The van der Waals surface area contributed by atoms with Crippen molar-refractivity contribution in [3.63, 3.8) is 0 Å². The Morgan fingerprint density at radius 1 is 1.25 bits per heavy atom. The molecule has 0 bridgehead atoms. The molecule has 3 rings (SSSR count). The predicted molar refractivity (Wildman–Crippen MR) is 90.9 cm³/mol. The van der Waals surface area contributed by atoms with E-state index in [0.29, 0.717) is 24.1 Å². The average molecular weight is 327 g/mol. The van der Waals surface area contributed by atoms with Gasteiger partial charge in [-0.1, -0.05) is 0 Å². The zero-order chi connectivity index (χ0) is 16.9. The minimum Gasteiger partial charge on any atom is -0.497 e. The van der Waals surface area contributed by atoms with E-state index in [9.17, 15) is 4.79 Å². The smallest absolute Gasteiger partial charge is 0.247 e. The van der Waals surface area contributed by atoms with Crippen molar-refractivity contribution in [1.82, 2.24) is 4.90 Å². The van der Waals surface area contributed by atoms with Crippen LogP contribution in [0.5, 0.6) is 11.5 Å². The first-order valence-corrected chi connectivity index (χ1v) is 7.93. The highest BCUT2D eigenvalue weighted by Crippen LogP contribution is 2.29. The third kappa shape index (κ3) is 3.98. The molecular formula is C19H21NO4. The second-order valence-corrected chi connectivity index (χ2v) is 5.76. The molecule has 1 saturated carbocycles. The molecule has 24 heavy (non-hydrogen) atoms. The fourth-order valence-electron chi connectivity index (χ4n) is 2.53. The molecule has 0 spiro atoms. The van der Waals surface area contributed by atoms with Crippen molar-refractivity contribution in [2.45, 2.75) is 25.4 Å². The summed E-state index contributed by atoms with van der Waals surface area (Å²) in [7, 11) is 3.21. The maximum absolute atomic E-state index is 12.6. The highest BCUT2D eigenvalue weighted by molar-refractivity contribution is 5.92. The molecule has 1 fully saturated rings. The van der Waals surface area contributed by atoms with Gasteiger partial charge in [-0.05, 0) is 48.7 Å². The van der Waals surface area contributed by atoms with E-state index in [2.05, 4.69) is 0 Å². The van der Waals surface area contributed by atoms with Gasteiger partial charge in [-0.2, -0.15) is 0 Å². The summed E-state index contributed by atoms with van der Waals surface area (Å²) in [5.41, 5.74) is 0.855. The molecular weight excluding hydrogens is 306 g/mol. The van der Waals surface area contributed by atoms with Crippen molar-refractivity contribution in [3.8, 4) is 11.5 Å². The number of carbonyl (C=O) groups excluding carboxylic acids is 1. The lowest BCUT2D eigenvalue weighted by atomic mass is 10.2. The fraction of sp³-hybridized carbons (Fsp3) is 0.316. The van der Waals surface area contributed by atoms with Crippen molar-refractivity contribution in [2.24, 2.45) is 0 Å². The molecule has 1 aliphatic rings. The number of hydrogen-bond acceptors (Lipinski definition) is 4. The van der Waals surface area contributed by atoms with Crippen LogP contribution in [0.3, 0.4) is 0 Å².